The van der Waals surface area contributed by atoms with Crippen LogP contribution in [0.25, 0.3) is 0 Å². The predicted molar refractivity (Wildman–Crippen MR) is 78.7 cm³/mol. The predicted octanol–water partition coefficient (Wildman–Crippen LogP) is 5.44. The Morgan fingerprint density at radius 1 is 0.778 bits per heavy atom. The van der Waals surface area contributed by atoms with Gasteiger partial charge in [-0.2, -0.15) is 0 Å². The second-order valence-electron chi connectivity index (χ2n) is 5.76. The fourth-order valence-electron chi connectivity index (χ4n) is 2.80. The van der Waals surface area contributed by atoms with Gasteiger partial charge in [-0.15, -0.1) is 0 Å². The molecule has 1 aliphatic carbocycles. The third kappa shape index (κ3) is 7.68. The summed E-state index contributed by atoms with van der Waals surface area (Å²) in [6.07, 6.45) is 19.9. The van der Waals surface area contributed by atoms with E-state index in [-0.39, 0.29) is 0 Å². The Balaban J connectivity index is 2.31. The zero-order valence-electron chi connectivity index (χ0n) is 12.1. The second-order valence-corrected chi connectivity index (χ2v) is 5.76. The molecule has 0 saturated heterocycles. The van der Waals surface area contributed by atoms with Crippen molar-refractivity contribution in [1.29, 1.82) is 0 Å². The maximum atomic E-state index is 11.6. The van der Waals surface area contributed by atoms with Gasteiger partial charge >= 0.3 is 0 Å². The van der Waals surface area contributed by atoms with Crippen LogP contribution >= 0.6 is 0 Å². The van der Waals surface area contributed by atoms with E-state index in [1.807, 2.05) is 0 Å². The fourth-order valence-corrected chi connectivity index (χ4v) is 2.80. The molecular formula is C17H30O. The van der Waals surface area contributed by atoms with E-state index in [0.29, 0.717) is 11.7 Å². The number of allylic oxidation sites excluding steroid dienone is 2. The smallest absolute Gasteiger partial charge is 0.132 e. The van der Waals surface area contributed by atoms with Crippen LogP contribution < -0.4 is 0 Å². The largest absolute Gasteiger partial charge is 0.300 e. The van der Waals surface area contributed by atoms with E-state index in [2.05, 4.69) is 12.2 Å². The maximum absolute atomic E-state index is 11.6. The number of carbonyl (C=O) groups excluding carboxylic acids is 1. The molecule has 0 heterocycles. The van der Waals surface area contributed by atoms with E-state index >= 15 is 0 Å². The van der Waals surface area contributed by atoms with Gasteiger partial charge in [-0.1, -0.05) is 50.7 Å². The topological polar surface area (TPSA) is 17.1 Å². The number of ketones is 1. The highest BCUT2D eigenvalue weighted by Gasteiger charge is 2.13. The van der Waals surface area contributed by atoms with Crippen molar-refractivity contribution in [2.45, 2.75) is 84.0 Å². The number of hydrogen-bond donors (Lipinski definition) is 0. The van der Waals surface area contributed by atoms with Gasteiger partial charge in [-0.25, -0.2) is 0 Å². The number of carbonyl (C=O) groups is 1. The van der Waals surface area contributed by atoms with E-state index in [9.17, 15) is 4.79 Å². The molecule has 0 aromatic carbocycles. The molecule has 0 N–H and O–H groups in total. The first-order chi connectivity index (χ1) is 8.80. The normalized spacial score (nSPS) is 22.1. The first kappa shape index (κ1) is 15.5. The van der Waals surface area contributed by atoms with E-state index < -0.39 is 0 Å². The summed E-state index contributed by atoms with van der Waals surface area (Å²) in [6.45, 7) is 1.78. The van der Waals surface area contributed by atoms with Crippen molar-refractivity contribution < 1.29 is 4.79 Å². The van der Waals surface area contributed by atoms with Crippen LogP contribution in [0.15, 0.2) is 12.2 Å². The lowest BCUT2D eigenvalue weighted by molar-refractivity contribution is -0.121. The lowest BCUT2D eigenvalue weighted by atomic mass is 9.91. The molecule has 0 saturated carbocycles. The standard InChI is InChI=1S/C17H30O/c1-16(18)17-14-12-10-8-6-4-2-3-5-7-9-11-13-15-17/h2-3,17H,4-15H2,1H3. The summed E-state index contributed by atoms with van der Waals surface area (Å²) in [5, 5.41) is 0. The summed E-state index contributed by atoms with van der Waals surface area (Å²) in [6, 6.07) is 0. The van der Waals surface area contributed by atoms with Gasteiger partial charge < -0.3 is 0 Å². The van der Waals surface area contributed by atoms with Crippen molar-refractivity contribution in [3.05, 3.63) is 12.2 Å². The minimum Gasteiger partial charge on any atom is -0.300 e. The lowest BCUT2D eigenvalue weighted by Crippen LogP contribution is -2.10. The molecule has 1 nitrogen and oxygen atoms in total. The van der Waals surface area contributed by atoms with Gasteiger partial charge in [0.2, 0.25) is 0 Å². The van der Waals surface area contributed by atoms with E-state index in [1.165, 1.54) is 64.2 Å². The molecule has 0 fully saturated rings. The van der Waals surface area contributed by atoms with Crippen molar-refractivity contribution in [2.24, 2.45) is 5.92 Å². The van der Waals surface area contributed by atoms with Crippen LogP contribution in [0.1, 0.15) is 84.0 Å². The van der Waals surface area contributed by atoms with E-state index in [1.54, 1.807) is 6.92 Å². The van der Waals surface area contributed by atoms with Gasteiger partial charge in [0.1, 0.15) is 5.78 Å². The van der Waals surface area contributed by atoms with Crippen molar-refractivity contribution >= 4 is 5.78 Å². The average Bonchev–Trinajstić information content (AvgIpc) is 2.36. The molecule has 0 radical (unpaired) electrons. The molecular weight excluding hydrogens is 220 g/mol. The summed E-state index contributed by atoms with van der Waals surface area (Å²) >= 11 is 0. The van der Waals surface area contributed by atoms with Crippen LogP contribution in [0.2, 0.25) is 0 Å². The molecule has 0 amide bonds. The van der Waals surface area contributed by atoms with Gasteiger partial charge in [0.05, 0.1) is 0 Å². The molecule has 0 bridgehead atoms. The van der Waals surface area contributed by atoms with Crippen LogP contribution in [0.5, 0.6) is 0 Å². The molecule has 0 aromatic rings. The summed E-state index contributed by atoms with van der Waals surface area (Å²) in [5.41, 5.74) is 0. The third-order valence-electron chi connectivity index (χ3n) is 4.09. The number of rotatable bonds is 1. The van der Waals surface area contributed by atoms with Crippen molar-refractivity contribution in [2.75, 3.05) is 0 Å². The van der Waals surface area contributed by atoms with Crippen LogP contribution in [0, 0.1) is 5.92 Å². The Hall–Kier alpha value is -0.590. The van der Waals surface area contributed by atoms with Crippen molar-refractivity contribution in [3.63, 3.8) is 0 Å². The van der Waals surface area contributed by atoms with Crippen LogP contribution in [-0.4, -0.2) is 5.78 Å². The van der Waals surface area contributed by atoms with Crippen LogP contribution in [0.4, 0.5) is 0 Å². The zero-order valence-corrected chi connectivity index (χ0v) is 12.1. The summed E-state index contributed by atoms with van der Waals surface area (Å²) in [7, 11) is 0. The van der Waals surface area contributed by atoms with E-state index in [0.717, 1.165) is 12.8 Å². The Morgan fingerprint density at radius 2 is 1.22 bits per heavy atom. The monoisotopic (exact) mass is 250 g/mol. The SMILES string of the molecule is CC(=O)C1CCCCCCC=CCCCCCC1. The van der Waals surface area contributed by atoms with Crippen LogP contribution in [0.3, 0.4) is 0 Å². The summed E-state index contributed by atoms with van der Waals surface area (Å²) in [5.74, 6) is 0.772. The summed E-state index contributed by atoms with van der Waals surface area (Å²) < 4.78 is 0. The Labute approximate surface area is 113 Å². The van der Waals surface area contributed by atoms with Gasteiger partial charge in [-0.3, -0.25) is 4.79 Å². The quantitative estimate of drug-likeness (QED) is 0.566. The molecule has 18 heavy (non-hydrogen) atoms. The Kier molecular flexibility index (Phi) is 8.89. The molecule has 0 aliphatic heterocycles. The Bertz CT molecular complexity index is 224. The minimum absolute atomic E-state index is 0.355. The molecule has 1 heteroatoms. The number of hydrogen-bond acceptors (Lipinski definition) is 1. The molecule has 0 unspecified atom stereocenters. The maximum Gasteiger partial charge on any atom is 0.132 e. The van der Waals surface area contributed by atoms with Crippen molar-refractivity contribution in [1.82, 2.24) is 0 Å². The third-order valence-corrected chi connectivity index (χ3v) is 4.09. The summed E-state index contributed by atoms with van der Waals surface area (Å²) in [4.78, 5) is 11.6. The first-order valence-corrected chi connectivity index (χ1v) is 7.96. The second kappa shape index (κ2) is 10.3. The zero-order chi connectivity index (χ0) is 13.1. The van der Waals surface area contributed by atoms with E-state index in [4.69, 9.17) is 0 Å². The molecule has 104 valence electrons. The molecule has 0 aromatic heterocycles. The van der Waals surface area contributed by atoms with Gasteiger partial charge in [0, 0.05) is 5.92 Å². The molecule has 0 atom stereocenters. The van der Waals surface area contributed by atoms with Crippen molar-refractivity contribution in [3.8, 4) is 0 Å². The highest BCUT2D eigenvalue weighted by Crippen LogP contribution is 2.20. The van der Waals surface area contributed by atoms with Gasteiger partial charge in [-0.05, 0) is 45.4 Å². The lowest BCUT2D eigenvalue weighted by Gasteiger charge is -2.13. The highest BCUT2D eigenvalue weighted by molar-refractivity contribution is 5.78. The Morgan fingerprint density at radius 3 is 1.67 bits per heavy atom. The number of Topliss-reactive ketones (excluding diaryl/α,β-unsaturated/α-hetero) is 1. The highest BCUT2D eigenvalue weighted by atomic mass is 16.1. The molecule has 1 aliphatic rings. The van der Waals surface area contributed by atoms with Gasteiger partial charge in [0.25, 0.3) is 0 Å². The molecule has 1 rings (SSSR count). The van der Waals surface area contributed by atoms with Gasteiger partial charge in [0.15, 0.2) is 0 Å². The fraction of sp³-hybridized carbons (Fsp3) is 0.824. The van der Waals surface area contributed by atoms with Crippen LogP contribution in [-0.2, 0) is 4.79 Å². The minimum atomic E-state index is 0.355. The molecule has 0 spiro atoms. The average molecular weight is 250 g/mol. The first-order valence-electron chi connectivity index (χ1n) is 7.96.